The van der Waals surface area contributed by atoms with E-state index in [2.05, 4.69) is 0 Å². The molecule has 6 heteroatoms. The van der Waals surface area contributed by atoms with Crippen molar-refractivity contribution in [2.24, 2.45) is 5.41 Å². The molecule has 2 aliphatic heterocycles. The summed E-state index contributed by atoms with van der Waals surface area (Å²) < 4.78 is 0. The highest BCUT2D eigenvalue weighted by Gasteiger charge is 2.79. The fourth-order valence-corrected chi connectivity index (χ4v) is 2.58. The van der Waals surface area contributed by atoms with Crippen molar-refractivity contribution >= 4 is 29.3 Å². The molecule has 4 amide bonds. The minimum absolute atomic E-state index is 0.387. The highest BCUT2D eigenvalue weighted by Crippen LogP contribution is 2.45. The van der Waals surface area contributed by atoms with E-state index in [1.807, 2.05) is 6.92 Å². The lowest BCUT2D eigenvalue weighted by Crippen LogP contribution is -2.83. The molecule has 102 valence electrons. The van der Waals surface area contributed by atoms with Crippen LogP contribution in [0, 0.1) is 5.41 Å². The standard InChI is InChI=1S/C14H12N2O4/c1-3-8-4-6-9(7-5-8)16-12(19)14(13(16)20)10(17)15(2)11(14)18/h4-7H,3H2,1-2H3. The molecule has 6 nitrogen and oxygen atoms in total. The van der Waals surface area contributed by atoms with Crippen molar-refractivity contribution in [3.8, 4) is 0 Å². The van der Waals surface area contributed by atoms with Crippen LogP contribution >= 0.6 is 0 Å². The van der Waals surface area contributed by atoms with Crippen molar-refractivity contribution in [2.75, 3.05) is 11.9 Å². The number of amides is 4. The van der Waals surface area contributed by atoms with Crippen molar-refractivity contribution in [3.63, 3.8) is 0 Å². The molecule has 1 aromatic carbocycles. The quantitative estimate of drug-likeness (QED) is 0.565. The summed E-state index contributed by atoms with van der Waals surface area (Å²) in [6.07, 6.45) is 0.841. The Bertz CT molecular complexity index is 628. The lowest BCUT2D eigenvalue weighted by atomic mass is 9.69. The maximum Gasteiger partial charge on any atom is 0.285 e. The molecule has 1 aromatic rings. The molecule has 2 fully saturated rings. The number of aryl methyl sites for hydroxylation is 1. The molecule has 0 saturated carbocycles. The average Bonchev–Trinajstić information content (AvgIpc) is 2.48. The molecular weight excluding hydrogens is 260 g/mol. The van der Waals surface area contributed by atoms with Gasteiger partial charge in [0, 0.05) is 7.05 Å². The van der Waals surface area contributed by atoms with Gasteiger partial charge in [0.05, 0.1) is 5.69 Å². The van der Waals surface area contributed by atoms with E-state index >= 15 is 0 Å². The van der Waals surface area contributed by atoms with Gasteiger partial charge in [0.25, 0.3) is 29.0 Å². The van der Waals surface area contributed by atoms with Crippen LogP contribution in [0.25, 0.3) is 0 Å². The zero-order valence-electron chi connectivity index (χ0n) is 11.0. The van der Waals surface area contributed by atoms with Crippen molar-refractivity contribution in [1.29, 1.82) is 0 Å². The van der Waals surface area contributed by atoms with Gasteiger partial charge in [-0.05, 0) is 24.1 Å². The maximum atomic E-state index is 12.1. The first-order valence-corrected chi connectivity index (χ1v) is 6.26. The first-order valence-electron chi connectivity index (χ1n) is 6.26. The number of rotatable bonds is 2. The van der Waals surface area contributed by atoms with Gasteiger partial charge >= 0.3 is 0 Å². The molecular formula is C14H12N2O4. The number of benzene rings is 1. The van der Waals surface area contributed by atoms with E-state index in [0.29, 0.717) is 5.69 Å². The van der Waals surface area contributed by atoms with E-state index in [4.69, 9.17) is 0 Å². The van der Waals surface area contributed by atoms with Gasteiger partial charge in [0.2, 0.25) is 0 Å². The summed E-state index contributed by atoms with van der Waals surface area (Å²) in [5.41, 5.74) is -0.629. The van der Waals surface area contributed by atoms with Crippen molar-refractivity contribution < 1.29 is 19.2 Å². The second-order valence-corrected chi connectivity index (χ2v) is 4.89. The smallest absolute Gasteiger partial charge is 0.282 e. The molecule has 1 spiro atoms. The number of carbonyl (C=O) groups is 4. The third-order valence-corrected chi connectivity index (χ3v) is 3.90. The van der Waals surface area contributed by atoms with E-state index < -0.39 is 29.0 Å². The fraction of sp³-hybridized carbons (Fsp3) is 0.286. The lowest BCUT2D eigenvalue weighted by molar-refractivity contribution is -0.184. The van der Waals surface area contributed by atoms with Crippen LogP contribution in [0.4, 0.5) is 5.69 Å². The summed E-state index contributed by atoms with van der Waals surface area (Å²) in [7, 11) is 1.26. The molecule has 3 rings (SSSR count). The monoisotopic (exact) mass is 272 g/mol. The van der Waals surface area contributed by atoms with Crippen molar-refractivity contribution in [2.45, 2.75) is 13.3 Å². The zero-order valence-corrected chi connectivity index (χ0v) is 11.0. The Balaban J connectivity index is 1.93. The largest absolute Gasteiger partial charge is 0.285 e. The molecule has 2 heterocycles. The molecule has 20 heavy (non-hydrogen) atoms. The Morgan fingerprint density at radius 1 is 0.900 bits per heavy atom. The Hall–Kier alpha value is -2.50. The van der Waals surface area contributed by atoms with Gasteiger partial charge in [-0.15, -0.1) is 0 Å². The first kappa shape index (κ1) is 12.5. The number of carbonyl (C=O) groups excluding carboxylic acids is 4. The van der Waals surface area contributed by atoms with Crippen LogP contribution in [-0.4, -0.2) is 35.6 Å². The Labute approximate surface area is 115 Å². The molecule has 2 saturated heterocycles. The first-order chi connectivity index (χ1) is 9.46. The number of hydrogen-bond acceptors (Lipinski definition) is 4. The molecule has 0 aromatic heterocycles. The second kappa shape index (κ2) is 3.75. The van der Waals surface area contributed by atoms with Crippen LogP contribution < -0.4 is 4.90 Å². The van der Waals surface area contributed by atoms with Gasteiger partial charge < -0.3 is 0 Å². The normalized spacial score (nSPS) is 20.3. The number of likely N-dealkylation sites (tertiary alicyclic amines) is 1. The van der Waals surface area contributed by atoms with E-state index in [1.54, 1.807) is 24.3 Å². The molecule has 0 unspecified atom stereocenters. The average molecular weight is 272 g/mol. The fourth-order valence-electron chi connectivity index (χ4n) is 2.58. The van der Waals surface area contributed by atoms with E-state index in [-0.39, 0.29) is 0 Å². The molecule has 0 aliphatic carbocycles. The highest BCUT2D eigenvalue weighted by atomic mass is 16.2. The SMILES string of the molecule is CCc1ccc(N2C(=O)C3(C(=O)N(C)C3=O)C2=O)cc1. The third kappa shape index (κ3) is 1.14. The van der Waals surface area contributed by atoms with Crippen LogP contribution in [0.3, 0.4) is 0 Å². The molecule has 0 bridgehead atoms. The third-order valence-electron chi connectivity index (χ3n) is 3.90. The molecule has 0 radical (unpaired) electrons. The number of hydrogen-bond donors (Lipinski definition) is 0. The second-order valence-electron chi connectivity index (χ2n) is 4.89. The maximum absolute atomic E-state index is 12.1. The summed E-state index contributed by atoms with van der Waals surface area (Å²) in [5, 5.41) is 0. The van der Waals surface area contributed by atoms with Gasteiger partial charge in [0.1, 0.15) is 0 Å². The summed E-state index contributed by atoms with van der Waals surface area (Å²) in [6.45, 7) is 1.99. The molecule has 2 aliphatic rings. The summed E-state index contributed by atoms with van der Waals surface area (Å²) in [5.74, 6) is -2.97. The lowest BCUT2D eigenvalue weighted by Gasteiger charge is -2.51. The van der Waals surface area contributed by atoms with Gasteiger partial charge in [-0.25, -0.2) is 4.90 Å². The molecule has 0 N–H and O–H groups in total. The van der Waals surface area contributed by atoms with E-state index in [9.17, 15) is 19.2 Å². The number of anilines is 1. The van der Waals surface area contributed by atoms with Crippen molar-refractivity contribution in [3.05, 3.63) is 29.8 Å². The van der Waals surface area contributed by atoms with Crippen LogP contribution in [-0.2, 0) is 25.6 Å². The topological polar surface area (TPSA) is 74.8 Å². The Kier molecular flexibility index (Phi) is 2.35. The van der Waals surface area contributed by atoms with E-state index in [0.717, 1.165) is 21.8 Å². The Morgan fingerprint density at radius 3 is 1.85 bits per heavy atom. The zero-order chi connectivity index (χ0) is 14.7. The summed E-state index contributed by atoms with van der Waals surface area (Å²) in [4.78, 5) is 49.4. The van der Waals surface area contributed by atoms with Crippen molar-refractivity contribution in [1.82, 2.24) is 4.90 Å². The van der Waals surface area contributed by atoms with Crippen LogP contribution in [0.5, 0.6) is 0 Å². The van der Waals surface area contributed by atoms with Crippen LogP contribution in [0.2, 0.25) is 0 Å². The predicted octanol–water partition coefficient (Wildman–Crippen LogP) is 0.107. The number of imide groups is 2. The summed E-state index contributed by atoms with van der Waals surface area (Å²) >= 11 is 0. The Morgan fingerprint density at radius 2 is 1.40 bits per heavy atom. The minimum atomic E-state index is -2.09. The minimum Gasteiger partial charge on any atom is -0.282 e. The van der Waals surface area contributed by atoms with E-state index in [1.165, 1.54) is 7.05 Å². The number of nitrogens with zero attached hydrogens (tertiary/aromatic N) is 2. The van der Waals surface area contributed by atoms with Gasteiger partial charge in [-0.1, -0.05) is 19.1 Å². The highest BCUT2D eigenvalue weighted by molar-refractivity contribution is 6.59. The van der Waals surface area contributed by atoms with Crippen LogP contribution in [0.1, 0.15) is 12.5 Å². The molecule has 0 atom stereocenters. The van der Waals surface area contributed by atoms with Gasteiger partial charge in [-0.3, -0.25) is 24.1 Å². The van der Waals surface area contributed by atoms with Gasteiger partial charge in [-0.2, -0.15) is 0 Å². The predicted molar refractivity (Wildman–Crippen MR) is 68.5 cm³/mol. The number of β-lactam (4-membered cyclic amide) rings is 4. The van der Waals surface area contributed by atoms with Crippen LogP contribution in [0.15, 0.2) is 24.3 Å². The van der Waals surface area contributed by atoms with Gasteiger partial charge in [0.15, 0.2) is 0 Å². The summed E-state index contributed by atoms with van der Waals surface area (Å²) in [6, 6.07) is 6.88.